The van der Waals surface area contributed by atoms with E-state index in [9.17, 15) is 0 Å². The summed E-state index contributed by atoms with van der Waals surface area (Å²) in [4.78, 5) is 4.25. The van der Waals surface area contributed by atoms with Gasteiger partial charge in [-0.25, -0.2) is 0 Å². The Morgan fingerprint density at radius 3 is 2.78 bits per heavy atom. The molecule has 1 aliphatic rings. The fourth-order valence-corrected chi connectivity index (χ4v) is 2.21. The predicted molar refractivity (Wildman–Crippen MR) is 84.2 cm³/mol. The minimum absolute atomic E-state index is 0. The maximum Gasteiger partial charge on any atom is 0.191 e. The summed E-state index contributed by atoms with van der Waals surface area (Å²) in [6.45, 7) is 0.753. The summed E-state index contributed by atoms with van der Waals surface area (Å²) in [7, 11) is 3.76. The van der Waals surface area contributed by atoms with Crippen molar-refractivity contribution >= 4 is 29.9 Å². The van der Waals surface area contributed by atoms with E-state index in [4.69, 9.17) is 0 Å². The van der Waals surface area contributed by atoms with Gasteiger partial charge >= 0.3 is 0 Å². The van der Waals surface area contributed by atoms with Gasteiger partial charge in [-0.15, -0.1) is 24.0 Å². The van der Waals surface area contributed by atoms with Crippen LogP contribution in [0.3, 0.4) is 0 Å². The maximum absolute atomic E-state index is 4.25. The second-order valence-electron chi connectivity index (χ2n) is 4.50. The van der Waals surface area contributed by atoms with Gasteiger partial charge in [0.25, 0.3) is 0 Å². The van der Waals surface area contributed by atoms with Crippen molar-refractivity contribution < 1.29 is 0 Å². The second kappa shape index (κ2) is 7.60. The number of aromatic nitrogens is 2. The zero-order valence-electron chi connectivity index (χ0n) is 11.0. The number of hydrogen-bond donors (Lipinski definition) is 2. The molecule has 0 radical (unpaired) electrons. The summed E-state index contributed by atoms with van der Waals surface area (Å²) in [5, 5.41) is 10.9. The average Bonchev–Trinajstić information content (AvgIpc) is 2.96. The Kier molecular flexibility index (Phi) is 6.45. The van der Waals surface area contributed by atoms with Gasteiger partial charge in [0.15, 0.2) is 5.96 Å². The molecule has 0 bridgehead atoms. The van der Waals surface area contributed by atoms with Crippen LogP contribution in [0.25, 0.3) is 0 Å². The summed E-state index contributed by atoms with van der Waals surface area (Å²) < 4.78 is 1.87. The minimum atomic E-state index is 0. The molecule has 0 saturated heterocycles. The van der Waals surface area contributed by atoms with E-state index in [1.165, 1.54) is 25.7 Å². The predicted octanol–water partition coefficient (Wildman–Crippen LogP) is 1.65. The van der Waals surface area contributed by atoms with Crippen LogP contribution in [0, 0.1) is 0 Å². The standard InChI is InChI=1S/C12H21N5.HI/c1-13-12(16-10-5-3-4-6-10)14-9-11-7-8-15-17(11)2;/h7-8,10H,3-6,9H2,1-2H3,(H2,13,14,16);1H. The zero-order valence-corrected chi connectivity index (χ0v) is 13.3. The topological polar surface area (TPSA) is 54.2 Å². The first-order valence-electron chi connectivity index (χ1n) is 6.23. The number of aryl methyl sites for hydroxylation is 1. The van der Waals surface area contributed by atoms with Crippen LogP contribution in [0.4, 0.5) is 0 Å². The number of aliphatic imine (C=N–C) groups is 1. The molecule has 1 saturated carbocycles. The highest BCUT2D eigenvalue weighted by molar-refractivity contribution is 14.0. The van der Waals surface area contributed by atoms with Crippen LogP contribution in [0.2, 0.25) is 0 Å². The minimum Gasteiger partial charge on any atom is -0.354 e. The van der Waals surface area contributed by atoms with E-state index in [0.29, 0.717) is 6.04 Å². The van der Waals surface area contributed by atoms with Gasteiger partial charge in [0.2, 0.25) is 0 Å². The molecule has 0 aliphatic heterocycles. The Labute approximate surface area is 125 Å². The van der Waals surface area contributed by atoms with Crippen molar-refractivity contribution in [3.05, 3.63) is 18.0 Å². The van der Waals surface area contributed by atoms with Gasteiger partial charge in [-0.05, 0) is 18.9 Å². The number of nitrogens with zero attached hydrogens (tertiary/aromatic N) is 3. The molecule has 0 spiro atoms. The Morgan fingerprint density at radius 1 is 1.50 bits per heavy atom. The Balaban J connectivity index is 0.00000162. The fraction of sp³-hybridized carbons (Fsp3) is 0.667. The van der Waals surface area contributed by atoms with Gasteiger partial charge < -0.3 is 10.6 Å². The maximum atomic E-state index is 4.25. The molecule has 2 rings (SSSR count). The van der Waals surface area contributed by atoms with Gasteiger partial charge in [-0.1, -0.05) is 12.8 Å². The fourth-order valence-electron chi connectivity index (χ4n) is 2.21. The lowest BCUT2D eigenvalue weighted by atomic mass is 10.2. The van der Waals surface area contributed by atoms with Crippen LogP contribution in [0.15, 0.2) is 17.3 Å². The lowest BCUT2D eigenvalue weighted by Gasteiger charge is -2.16. The molecular weight excluding hydrogens is 341 g/mol. The zero-order chi connectivity index (χ0) is 12.1. The largest absolute Gasteiger partial charge is 0.354 e. The van der Waals surface area contributed by atoms with E-state index >= 15 is 0 Å². The van der Waals surface area contributed by atoms with Crippen LogP contribution in [0.5, 0.6) is 0 Å². The summed E-state index contributed by atoms with van der Waals surface area (Å²) in [6, 6.07) is 2.60. The van der Waals surface area contributed by atoms with Gasteiger partial charge in [0.05, 0.1) is 12.2 Å². The van der Waals surface area contributed by atoms with E-state index in [-0.39, 0.29) is 24.0 Å². The van der Waals surface area contributed by atoms with E-state index in [0.717, 1.165) is 18.2 Å². The molecule has 102 valence electrons. The average molecular weight is 363 g/mol. The van der Waals surface area contributed by atoms with E-state index in [1.807, 2.05) is 31.0 Å². The molecule has 1 heterocycles. The molecule has 0 amide bonds. The third kappa shape index (κ3) is 4.15. The third-order valence-corrected chi connectivity index (χ3v) is 3.28. The summed E-state index contributed by atoms with van der Waals surface area (Å²) in [5.41, 5.74) is 1.15. The monoisotopic (exact) mass is 363 g/mol. The highest BCUT2D eigenvalue weighted by atomic mass is 127. The normalized spacial score (nSPS) is 16.4. The summed E-state index contributed by atoms with van der Waals surface area (Å²) >= 11 is 0. The van der Waals surface area contributed by atoms with E-state index < -0.39 is 0 Å². The van der Waals surface area contributed by atoms with Gasteiger partial charge in [0.1, 0.15) is 0 Å². The first-order valence-corrected chi connectivity index (χ1v) is 6.23. The van der Waals surface area contributed by atoms with E-state index in [1.54, 1.807) is 0 Å². The quantitative estimate of drug-likeness (QED) is 0.488. The van der Waals surface area contributed by atoms with Gasteiger partial charge in [-0.3, -0.25) is 9.67 Å². The van der Waals surface area contributed by atoms with Crippen LogP contribution in [-0.2, 0) is 13.6 Å². The molecule has 6 heteroatoms. The highest BCUT2D eigenvalue weighted by Crippen LogP contribution is 2.17. The van der Waals surface area contributed by atoms with Crippen LogP contribution < -0.4 is 10.6 Å². The Bertz CT molecular complexity index is 382. The molecule has 1 aromatic rings. The van der Waals surface area contributed by atoms with Crippen LogP contribution in [-0.4, -0.2) is 28.8 Å². The number of guanidine groups is 1. The molecule has 2 N–H and O–H groups in total. The first kappa shape index (κ1) is 15.3. The molecule has 0 aromatic carbocycles. The van der Waals surface area contributed by atoms with Crippen molar-refractivity contribution in [1.29, 1.82) is 0 Å². The summed E-state index contributed by atoms with van der Waals surface area (Å²) in [5.74, 6) is 0.887. The van der Waals surface area contributed by atoms with Crippen molar-refractivity contribution in [3.63, 3.8) is 0 Å². The Morgan fingerprint density at radius 2 is 2.22 bits per heavy atom. The van der Waals surface area contributed by atoms with Crippen molar-refractivity contribution in [3.8, 4) is 0 Å². The van der Waals surface area contributed by atoms with E-state index in [2.05, 4.69) is 20.7 Å². The van der Waals surface area contributed by atoms with Gasteiger partial charge in [0, 0.05) is 26.3 Å². The summed E-state index contributed by atoms with van der Waals surface area (Å²) in [6.07, 6.45) is 6.98. The van der Waals surface area contributed by atoms with Gasteiger partial charge in [-0.2, -0.15) is 5.10 Å². The molecule has 1 aliphatic carbocycles. The molecule has 18 heavy (non-hydrogen) atoms. The smallest absolute Gasteiger partial charge is 0.191 e. The SMILES string of the molecule is CN=C(NCc1ccnn1C)NC1CCCC1.I. The molecular formula is C12H22IN5. The van der Waals surface area contributed by atoms with Crippen molar-refractivity contribution in [2.75, 3.05) is 7.05 Å². The Hall–Kier alpha value is -0.790. The molecule has 0 unspecified atom stereocenters. The molecule has 1 aromatic heterocycles. The number of halogens is 1. The van der Waals surface area contributed by atoms with Crippen LogP contribution in [0.1, 0.15) is 31.4 Å². The first-order chi connectivity index (χ1) is 8.29. The third-order valence-electron chi connectivity index (χ3n) is 3.28. The number of hydrogen-bond acceptors (Lipinski definition) is 2. The lowest BCUT2D eigenvalue weighted by Crippen LogP contribution is -2.42. The van der Waals surface area contributed by atoms with Crippen LogP contribution >= 0.6 is 24.0 Å². The second-order valence-corrected chi connectivity index (χ2v) is 4.50. The number of rotatable bonds is 3. The lowest BCUT2D eigenvalue weighted by molar-refractivity contribution is 0.608. The molecule has 5 nitrogen and oxygen atoms in total. The van der Waals surface area contributed by atoms with Crippen molar-refractivity contribution in [2.45, 2.75) is 38.3 Å². The number of nitrogens with one attached hydrogen (secondary N) is 2. The molecule has 1 fully saturated rings. The van der Waals surface area contributed by atoms with Crippen molar-refractivity contribution in [1.82, 2.24) is 20.4 Å². The highest BCUT2D eigenvalue weighted by Gasteiger charge is 2.15. The molecule has 0 atom stereocenters. The van der Waals surface area contributed by atoms with Crippen molar-refractivity contribution in [2.24, 2.45) is 12.0 Å².